The Morgan fingerprint density at radius 3 is 2.19 bits per heavy atom. The van der Waals surface area contributed by atoms with Crippen LogP contribution in [0.3, 0.4) is 0 Å². The van der Waals surface area contributed by atoms with Crippen LogP contribution in [0.25, 0.3) is 0 Å². The first-order valence-electron chi connectivity index (χ1n) is 9.75. The van der Waals surface area contributed by atoms with Crippen molar-refractivity contribution >= 4 is 40.2 Å². The van der Waals surface area contributed by atoms with Gasteiger partial charge in [0.25, 0.3) is 17.5 Å². The third-order valence-electron chi connectivity index (χ3n) is 5.13. The molecule has 1 fully saturated rings. The molecule has 8 nitrogen and oxygen atoms in total. The molecule has 9 heteroatoms. The summed E-state index contributed by atoms with van der Waals surface area (Å²) < 4.78 is 0. The van der Waals surface area contributed by atoms with Crippen molar-refractivity contribution in [3.63, 3.8) is 0 Å². The fraction of sp³-hybridized carbons (Fsp3) is 0.182. The smallest absolute Gasteiger partial charge is 0.269 e. The maximum Gasteiger partial charge on any atom is 0.269 e. The molecule has 2 amide bonds. The van der Waals surface area contributed by atoms with E-state index in [4.69, 9.17) is 0 Å². The van der Waals surface area contributed by atoms with Crippen molar-refractivity contribution in [1.29, 1.82) is 0 Å². The van der Waals surface area contributed by atoms with Gasteiger partial charge in [0.15, 0.2) is 0 Å². The van der Waals surface area contributed by atoms with E-state index in [-0.39, 0.29) is 17.5 Å². The first kappa shape index (κ1) is 20.5. The van der Waals surface area contributed by atoms with Gasteiger partial charge in [-0.25, -0.2) is 0 Å². The number of thiophene rings is 1. The molecule has 2 heterocycles. The number of nitro groups is 1. The zero-order chi connectivity index (χ0) is 21.8. The van der Waals surface area contributed by atoms with Crippen molar-refractivity contribution in [3.8, 4) is 0 Å². The number of nitrogens with one attached hydrogen (secondary N) is 1. The minimum absolute atomic E-state index is 0.0573. The largest absolute Gasteiger partial charge is 0.368 e. The van der Waals surface area contributed by atoms with Crippen LogP contribution >= 0.6 is 11.3 Å². The number of rotatable bonds is 5. The summed E-state index contributed by atoms with van der Waals surface area (Å²) in [5, 5.41) is 15.4. The van der Waals surface area contributed by atoms with E-state index in [0.29, 0.717) is 24.3 Å². The topological polar surface area (TPSA) is 95.8 Å². The lowest BCUT2D eigenvalue weighted by Gasteiger charge is -2.36. The van der Waals surface area contributed by atoms with Gasteiger partial charge in [0, 0.05) is 55.2 Å². The Balaban J connectivity index is 1.33. The van der Waals surface area contributed by atoms with E-state index in [9.17, 15) is 19.7 Å². The number of carbonyl (C=O) groups is 2. The minimum Gasteiger partial charge on any atom is -0.368 e. The highest BCUT2D eigenvalue weighted by molar-refractivity contribution is 7.12. The Labute approximate surface area is 182 Å². The zero-order valence-corrected chi connectivity index (χ0v) is 17.4. The Kier molecular flexibility index (Phi) is 5.94. The number of anilines is 2. The van der Waals surface area contributed by atoms with E-state index in [1.165, 1.54) is 35.6 Å². The number of benzene rings is 2. The lowest BCUT2D eigenvalue weighted by Crippen LogP contribution is -2.48. The molecular weight excluding hydrogens is 416 g/mol. The van der Waals surface area contributed by atoms with Gasteiger partial charge >= 0.3 is 0 Å². The van der Waals surface area contributed by atoms with E-state index in [0.717, 1.165) is 23.7 Å². The van der Waals surface area contributed by atoms with E-state index in [1.54, 1.807) is 0 Å². The van der Waals surface area contributed by atoms with Crippen LogP contribution in [0.5, 0.6) is 0 Å². The molecule has 158 valence electrons. The molecular formula is C22H20N4O4S. The van der Waals surface area contributed by atoms with Crippen molar-refractivity contribution in [1.82, 2.24) is 4.90 Å². The van der Waals surface area contributed by atoms with Crippen LogP contribution < -0.4 is 10.2 Å². The molecule has 3 aromatic rings. The normalized spacial score (nSPS) is 13.7. The van der Waals surface area contributed by atoms with Crippen LogP contribution in [0.4, 0.5) is 17.1 Å². The summed E-state index contributed by atoms with van der Waals surface area (Å²) in [5.74, 6) is -0.248. The molecule has 0 atom stereocenters. The van der Waals surface area contributed by atoms with Gasteiger partial charge in [-0.05, 0) is 47.8 Å². The van der Waals surface area contributed by atoms with Gasteiger partial charge < -0.3 is 15.1 Å². The fourth-order valence-corrected chi connectivity index (χ4v) is 4.11. The number of nitro benzene ring substituents is 1. The van der Waals surface area contributed by atoms with E-state index >= 15 is 0 Å². The summed E-state index contributed by atoms with van der Waals surface area (Å²) in [6, 6.07) is 16.7. The Bertz CT molecular complexity index is 1070. The first-order valence-corrected chi connectivity index (χ1v) is 10.6. The van der Waals surface area contributed by atoms with Gasteiger partial charge in [-0.15, -0.1) is 11.3 Å². The predicted molar refractivity (Wildman–Crippen MR) is 120 cm³/mol. The molecule has 0 unspecified atom stereocenters. The van der Waals surface area contributed by atoms with Crippen molar-refractivity contribution < 1.29 is 14.5 Å². The second-order valence-corrected chi connectivity index (χ2v) is 8.01. The Morgan fingerprint density at radius 1 is 0.935 bits per heavy atom. The molecule has 1 saturated heterocycles. The van der Waals surface area contributed by atoms with Crippen LogP contribution in [0.1, 0.15) is 20.0 Å². The van der Waals surface area contributed by atoms with Gasteiger partial charge in [0.1, 0.15) is 0 Å². The molecule has 0 aliphatic carbocycles. The molecule has 0 radical (unpaired) electrons. The summed E-state index contributed by atoms with van der Waals surface area (Å²) >= 11 is 1.46. The monoisotopic (exact) mass is 436 g/mol. The second-order valence-electron chi connectivity index (χ2n) is 7.06. The quantitative estimate of drug-likeness (QED) is 0.484. The summed E-state index contributed by atoms with van der Waals surface area (Å²) in [7, 11) is 0. The van der Waals surface area contributed by atoms with Crippen LogP contribution in [-0.2, 0) is 0 Å². The van der Waals surface area contributed by atoms with Crippen LogP contribution in [-0.4, -0.2) is 47.8 Å². The number of hydrogen-bond acceptors (Lipinski definition) is 6. The number of amides is 2. The van der Waals surface area contributed by atoms with Crippen molar-refractivity contribution in [2.45, 2.75) is 0 Å². The van der Waals surface area contributed by atoms with Gasteiger partial charge in [-0.1, -0.05) is 6.07 Å². The van der Waals surface area contributed by atoms with E-state index in [2.05, 4.69) is 10.2 Å². The first-order chi connectivity index (χ1) is 15.0. The van der Waals surface area contributed by atoms with Crippen LogP contribution in [0, 0.1) is 10.1 Å². The number of carbonyl (C=O) groups excluding carboxylic acids is 2. The van der Waals surface area contributed by atoms with E-state index < -0.39 is 4.92 Å². The number of non-ortho nitro benzene ring substituents is 1. The molecule has 4 rings (SSSR count). The van der Waals surface area contributed by atoms with Gasteiger partial charge in [0.05, 0.1) is 9.80 Å². The van der Waals surface area contributed by atoms with Gasteiger partial charge in [-0.3, -0.25) is 19.7 Å². The molecule has 31 heavy (non-hydrogen) atoms. The molecule has 0 saturated carbocycles. The molecule has 0 spiro atoms. The Hall–Kier alpha value is -3.72. The third-order valence-corrected chi connectivity index (χ3v) is 5.99. The SMILES string of the molecule is O=C(Nc1ccc(N2CCN(C(=O)c3cccs3)CC2)cc1)c1ccc([N+](=O)[O-])cc1. The molecule has 1 aliphatic heterocycles. The summed E-state index contributed by atoms with van der Waals surface area (Å²) in [6.07, 6.45) is 0. The summed E-state index contributed by atoms with van der Waals surface area (Å²) in [5.41, 5.74) is 1.95. The number of nitrogens with zero attached hydrogens (tertiary/aromatic N) is 3. The third kappa shape index (κ3) is 4.72. The van der Waals surface area contributed by atoms with Crippen molar-refractivity contribution in [2.24, 2.45) is 0 Å². The Morgan fingerprint density at radius 2 is 1.61 bits per heavy atom. The molecule has 2 aromatic carbocycles. The average Bonchev–Trinajstić information content (AvgIpc) is 3.34. The fourth-order valence-electron chi connectivity index (χ4n) is 3.42. The summed E-state index contributed by atoms with van der Waals surface area (Å²) in [6.45, 7) is 2.81. The van der Waals surface area contributed by atoms with Crippen molar-refractivity contribution in [2.75, 3.05) is 36.4 Å². The molecule has 1 aromatic heterocycles. The highest BCUT2D eigenvalue weighted by Crippen LogP contribution is 2.22. The highest BCUT2D eigenvalue weighted by Gasteiger charge is 2.22. The molecule has 0 bridgehead atoms. The molecule has 1 aliphatic rings. The maximum absolute atomic E-state index is 12.5. The molecule has 1 N–H and O–H groups in total. The lowest BCUT2D eigenvalue weighted by molar-refractivity contribution is -0.384. The standard InChI is InChI=1S/C22H20N4O4S/c27-21(16-3-7-19(8-4-16)26(29)30)23-17-5-9-18(10-6-17)24-11-13-25(14-12-24)22(28)20-2-1-15-31-20/h1-10,15H,11-14H2,(H,23,27). The van der Waals surface area contributed by atoms with Gasteiger partial charge in [-0.2, -0.15) is 0 Å². The minimum atomic E-state index is -0.502. The highest BCUT2D eigenvalue weighted by atomic mass is 32.1. The second kappa shape index (κ2) is 8.97. The van der Waals surface area contributed by atoms with Crippen LogP contribution in [0.15, 0.2) is 66.0 Å². The average molecular weight is 436 g/mol. The van der Waals surface area contributed by atoms with E-state index in [1.807, 2.05) is 46.7 Å². The number of piperazine rings is 1. The van der Waals surface area contributed by atoms with Gasteiger partial charge in [0.2, 0.25) is 0 Å². The lowest BCUT2D eigenvalue weighted by atomic mass is 10.2. The van der Waals surface area contributed by atoms with Crippen LogP contribution in [0.2, 0.25) is 0 Å². The zero-order valence-electron chi connectivity index (χ0n) is 16.6. The predicted octanol–water partition coefficient (Wildman–Crippen LogP) is 3.87. The number of hydrogen-bond donors (Lipinski definition) is 1. The summed E-state index contributed by atoms with van der Waals surface area (Å²) in [4.78, 5) is 39.9. The maximum atomic E-state index is 12.5. The van der Waals surface area contributed by atoms with Crippen molar-refractivity contribution in [3.05, 3.63) is 86.6 Å².